The van der Waals surface area contributed by atoms with Gasteiger partial charge in [0, 0.05) is 13.8 Å². The number of aliphatic carboxylic acids is 1. The highest BCUT2D eigenvalue weighted by atomic mass is 16.8. The number of hydrogen-bond donors (Lipinski definition) is 10. The lowest BCUT2D eigenvalue weighted by Crippen LogP contribution is -2.65. The highest BCUT2D eigenvalue weighted by Crippen LogP contribution is 2.33. The van der Waals surface area contributed by atoms with E-state index in [4.69, 9.17) is 43.0 Å². The van der Waals surface area contributed by atoms with Crippen LogP contribution in [0, 0.1) is 0 Å². The molecular formula is C46H82O21. The summed E-state index contributed by atoms with van der Waals surface area (Å²) in [7, 11) is 0. The molecule has 10 N–H and O–H groups in total. The second-order valence-corrected chi connectivity index (χ2v) is 18.2. The molecule has 0 amide bonds. The SMILES string of the molecule is CCCCC(CCCC(O)C(O)CCCCCCCCCCCCCCC(O)C(=O)O)OC1OCC(OC(C)=O)C(O)C1OC1OCC(OC(C)=O)C(O)C1OC1OC(CO)C(O)C(O)C1O. The molecule has 67 heavy (non-hydrogen) atoms. The van der Waals surface area contributed by atoms with Gasteiger partial charge in [-0.3, -0.25) is 9.59 Å². The summed E-state index contributed by atoms with van der Waals surface area (Å²) in [5.41, 5.74) is 0. The minimum absolute atomic E-state index is 0.280. The van der Waals surface area contributed by atoms with Gasteiger partial charge in [-0.05, 0) is 38.5 Å². The van der Waals surface area contributed by atoms with E-state index in [9.17, 15) is 60.3 Å². The summed E-state index contributed by atoms with van der Waals surface area (Å²) in [6, 6.07) is 0. The Morgan fingerprint density at radius 3 is 1.49 bits per heavy atom. The summed E-state index contributed by atoms with van der Waals surface area (Å²) in [5.74, 6) is -2.65. The lowest BCUT2D eigenvalue weighted by atomic mass is 9.98. The minimum atomic E-state index is -1.89. The minimum Gasteiger partial charge on any atom is -0.479 e. The number of ether oxygens (including phenoxy) is 8. The van der Waals surface area contributed by atoms with E-state index in [0.717, 1.165) is 104 Å². The summed E-state index contributed by atoms with van der Waals surface area (Å²) < 4.78 is 46.4. The van der Waals surface area contributed by atoms with E-state index in [-0.39, 0.29) is 6.61 Å². The van der Waals surface area contributed by atoms with Gasteiger partial charge in [-0.1, -0.05) is 96.8 Å². The Labute approximate surface area is 393 Å². The number of carbonyl (C=O) groups excluding carboxylic acids is 2. The lowest BCUT2D eigenvalue weighted by molar-refractivity contribution is -0.380. The number of aliphatic hydroxyl groups excluding tert-OH is 9. The van der Waals surface area contributed by atoms with Crippen molar-refractivity contribution in [3.05, 3.63) is 0 Å². The first kappa shape index (κ1) is 59.1. The fraction of sp³-hybridized carbons (Fsp3) is 0.935. The molecule has 17 atom stereocenters. The van der Waals surface area contributed by atoms with Crippen molar-refractivity contribution in [2.75, 3.05) is 19.8 Å². The van der Waals surface area contributed by atoms with E-state index in [1.165, 1.54) is 0 Å². The smallest absolute Gasteiger partial charge is 0.332 e. The Kier molecular flexibility index (Phi) is 28.2. The molecule has 0 saturated carbocycles. The van der Waals surface area contributed by atoms with Crippen LogP contribution >= 0.6 is 0 Å². The Morgan fingerprint density at radius 1 is 0.552 bits per heavy atom. The monoisotopic (exact) mass is 971 g/mol. The van der Waals surface area contributed by atoms with Crippen molar-refractivity contribution in [1.82, 2.24) is 0 Å². The van der Waals surface area contributed by atoms with Crippen molar-refractivity contribution in [3.8, 4) is 0 Å². The van der Waals surface area contributed by atoms with Crippen molar-refractivity contribution in [2.45, 2.75) is 254 Å². The maximum atomic E-state index is 12.0. The van der Waals surface area contributed by atoms with E-state index < -0.39 is 135 Å². The molecule has 3 aliphatic rings. The number of carboxylic acids is 1. The molecule has 3 rings (SSSR count). The van der Waals surface area contributed by atoms with E-state index in [0.29, 0.717) is 38.5 Å². The summed E-state index contributed by atoms with van der Waals surface area (Å²) >= 11 is 0. The maximum Gasteiger partial charge on any atom is 0.332 e. The van der Waals surface area contributed by atoms with Crippen molar-refractivity contribution in [2.24, 2.45) is 0 Å². The number of carboxylic acid groups (broad SMARTS) is 1. The van der Waals surface area contributed by atoms with E-state index in [1.807, 2.05) is 6.92 Å². The van der Waals surface area contributed by atoms with Crippen molar-refractivity contribution in [1.29, 1.82) is 0 Å². The predicted octanol–water partition coefficient (Wildman–Crippen LogP) is 1.23. The zero-order valence-electron chi connectivity index (χ0n) is 39.5. The van der Waals surface area contributed by atoms with Crippen LogP contribution in [-0.4, -0.2) is 193 Å². The zero-order valence-corrected chi connectivity index (χ0v) is 39.5. The lowest BCUT2D eigenvalue weighted by Gasteiger charge is -2.47. The number of rotatable bonds is 33. The number of carbonyl (C=O) groups is 3. The summed E-state index contributed by atoms with van der Waals surface area (Å²) in [6.07, 6.45) is -7.79. The van der Waals surface area contributed by atoms with Crippen LogP contribution in [-0.2, 0) is 52.3 Å². The van der Waals surface area contributed by atoms with Gasteiger partial charge in [0.15, 0.2) is 37.2 Å². The van der Waals surface area contributed by atoms with Gasteiger partial charge in [0.25, 0.3) is 0 Å². The second-order valence-electron chi connectivity index (χ2n) is 18.2. The second kappa shape index (κ2) is 31.9. The molecule has 0 aliphatic carbocycles. The largest absolute Gasteiger partial charge is 0.479 e. The van der Waals surface area contributed by atoms with Crippen molar-refractivity contribution in [3.63, 3.8) is 0 Å². The first-order valence-electron chi connectivity index (χ1n) is 24.5. The van der Waals surface area contributed by atoms with Gasteiger partial charge in [0.05, 0.1) is 38.1 Å². The molecule has 0 aromatic carbocycles. The third-order valence-corrected chi connectivity index (χ3v) is 12.6. The van der Waals surface area contributed by atoms with Crippen molar-refractivity contribution < 1.29 is 103 Å². The summed E-state index contributed by atoms with van der Waals surface area (Å²) in [4.78, 5) is 34.5. The average Bonchev–Trinajstić information content (AvgIpc) is 3.28. The molecule has 392 valence electrons. The first-order valence-corrected chi connectivity index (χ1v) is 24.5. The van der Waals surface area contributed by atoms with Crippen molar-refractivity contribution >= 4 is 17.9 Å². The third kappa shape index (κ3) is 20.6. The fourth-order valence-electron chi connectivity index (χ4n) is 8.58. The quantitative estimate of drug-likeness (QED) is 0.0327. The van der Waals surface area contributed by atoms with Crippen LogP contribution in [0.2, 0.25) is 0 Å². The Balaban J connectivity index is 1.54. The first-order chi connectivity index (χ1) is 32.0. The Hall–Kier alpha value is -2.19. The van der Waals surface area contributed by atoms with Gasteiger partial charge in [-0.25, -0.2) is 4.79 Å². The summed E-state index contributed by atoms with van der Waals surface area (Å²) in [5, 5.41) is 104. The van der Waals surface area contributed by atoms with Crippen LogP contribution in [0.5, 0.6) is 0 Å². The molecule has 21 nitrogen and oxygen atoms in total. The molecule has 0 aromatic heterocycles. The molecule has 0 radical (unpaired) electrons. The third-order valence-electron chi connectivity index (χ3n) is 12.6. The topological polar surface area (TPSA) is 327 Å². The molecule has 21 heteroatoms. The molecule has 3 heterocycles. The molecule has 3 aliphatic heterocycles. The molecular weight excluding hydrogens is 888 g/mol. The van der Waals surface area contributed by atoms with Gasteiger partial charge < -0.3 is 89.0 Å². The van der Waals surface area contributed by atoms with Crippen LogP contribution < -0.4 is 0 Å². The van der Waals surface area contributed by atoms with Gasteiger partial charge >= 0.3 is 17.9 Å². The molecule has 0 aromatic rings. The van der Waals surface area contributed by atoms with Crippen LogP contribution in [0.1, 0.15) is 149 Å². The molecule has 0 spiro atoms. The van der Waals surface area contributed by atoms with Crippen LogP contribution in [0.15, 0.2) is 0 Å². The summed E-state index contributed by atoms with van der Waals surface area (Å²) in [6.45, 7) is 2.79. The van der Waals surface area contributed by atoms with Crippen LogP contribution in [0.3, 0.4) is 0 Å². The molecule has 3 fully saturated rings. The van der Waals surface area contributed by atoms with E-state index >= 15 is 0 Å². The van der Waals surface area contributed by atoms with E-state index in [1.54, 1.807) is 0 Å². The number of esters is 2. The standard InChI is InChI=1S/C46H82O21/c1-4-5-19-29(20-18-23-31(51)30(50)21-16-14-12-10-8-6-7-9-11-13-15-17-22-32(52)43(58)59)64-45-41(37(54)34(25-60-45)62-27(2)48)67-46-42(38(55)35(26-61-46)63-28(3)49)66-44-40(57)39(56)36(53)33(24-47)65-44/h29-42,44-47,50-57H,4-26H2,1-3H3,(H,58,59). The number of aliphatic hydroxyl groups is 9. The average molecular weight is 971 g/mol. The molecule has 0 bridgehead atoms. The van der Waals surface area contributed by atoms with Gasteiger partial charge in [0.1, 0.15) is 48.8 Å². The van der Waals surface area contributed by atoms with Crippen LogP contribution in [0.4, 0.5) is 0 Å². The maximum absolute atomic E-state index is 12.0. The predicted molar refractivity (Wildman–Crippen MR) is 235 cm³/mol. The number of unbranched alkanes of at least 4 members (excludes halogenated alkanes) is 12. The van der Waals surface area contributed by atoms with Crippen LogP contribution in [0.25, 0.3) is 0 Å². The highest BCUT2D eigenvalue weighted by Gasteiger charge is 2.52. The molecule has 17 unspecified atom stereocenters. The Bertz CT molecular complexity index is 1370. The molecule has 3 saturated heterocycles. The zero-order chi connectivity index (χ0) is 49.5. The number of hydrogen-bond acceptors (Lipinski definition) is 20. The van der Waals surface area contributed by atoms with Gasteiger partial charge in [-0.15, -0.1) is 0 Å². The highest BCUT2D eigenvalue weighted by molar-refractivity contribution is 5.71. The van der Waals surface area contributed by atoms with E-state index in [2.05, 4.69) is 0 Å². The fourth-order valence-corrected chi connectivity index (χ4v) is 8.58. The normalized spacial score (nSPS) is 32.0. The van der Waals surface area contributed by atoms with Gasteiger partial charge in [0.2, 0.25) is 0 Å². The van der Waals surface area contributed by atoms with Gasteiger partial charge in [-0.2, -0.15) is 0 Å². The Morgan fingerprint density at radius 2 is 1.00 bits per heavy atom.